The Bertz CT molecular complexity index is 717. The maximum Gasteiger partial charge on any atom is 0.220 e. The molecule has 1 saturated carbocycles. The first-order valence-corrected chi connectivity index (χ1v) is 10.1. The monoisotopic (exact) mass is 369 g/mol. The second-order valence-corrected chi connectivity index (χ2v) is 7.57. The summed E-state index contributed by atoms with van der Waals surface area (Å²) in [5.41, 5.74) is 1.01. The Morgan fingerprint density at radius 2 is 2.00 bits per heavy atom. The molecule has 1 unspecified atom stereocenters. The number of nitrogens with zero attached hydrogens (tertiary/aromatic N) is 2. The fourth-order valence-corrected chi connectivity index (χ4v) is 4.01. The molecule has 1 fully saturated rings. The molecular weight excluding hydrogens is 338 g/mol. The summed E-state index contributed by atoms with van der Waals surface area (Å²) in [7, 11) is 3.60. The van der Waals surface area contributed by atoms with Crippen molar-refractivity contribution in [1.29, 1.82) is 0 Å². The lowest BCUT2D eigenvalue weighted by Crippen LogP contribution is -2.31. The Balaban J connectivity index is 1.62. The average molecular weight is 370 g/mol. The highest BCUT2D eigenvalue weighted by Crippen LogP contribution is 2.28. The van der Waals surface area contributed by atoms with E-state index in [1.165, 1.54) is 38.5 Å². The van der Waals surface area contributed by atoms with Crippen molar-refractivity contribution < 1.29 is 9.53 Å². The number of aromatic nitrogens is 2. The number of amides is 1. The van der Waals surface area contributed by atoms with E-state index in [2.05, 4.69) is 10.3 Å². The maximum atomic E-state index is 12.6. The van der Waals surface area contributed by atoms with Crippen LogP contribution in [0.2, 0.25) is 0 Å². The summed E-state index contributed by atoms with van der Waals surface area (Å²) in [4.78, 5) is 17.1. The van der Waals surface area contributed by atoms with Gasteiger partial charge in [0.25, 0.3) is 0 Å². The number of rotatable bonds is 8. The van der Waals surface area contributed by atoms with Crippen LogP contribution in [-0.2, 0) is 11.8 Å². The predicted octanol–water partition coefficient (Wildman–Crippen LogP) is 4.38. The third kappa shape index (κ3) is 5.34. The zero-order chi connectivity index (χ0) is 19.1. The average Bonchev–Trinajstić information content (AvgIpc) is 3.13. The Kier molecular flexibility index (Phi) is 6.91. The first kappa shape index (κ1) is 19.5. The van der Waals surface area contributed by atoms with E-state index in [4.69, 9.17) is 4.74 Å². The van der Waals surface area contributed by atoms with Crippen LogP contribution >= 0.6 is 0 Å². The lowest BCUT2D eigenvalue weighted by molar-refractivity contribution is -0.121. The van der Waals surface area contributed by atoms with E-state index in [1.807, 2.05) is 42.1 Å². The van der Waals surface area contributed by atoms with Crippen molar-refractivity contribution in [2.75, 3.05) is 7.11 Å². The number of carbonyl (C=O) groups excluding carboxylic acids is 1. The van der Waals surface area contributed by atoms with E-state index in [-0.39, 0.29) is 11.9 Å². The smallest absolute Gasteiger partial charge is 0.220 e. The van der Waals surface area contributed by atoms with Gasteiger partial charge in [0.1, 0.15) is 17.6 Å². The Hall–Kier alpha value is -2.30. The molecule has 1 heterocycles. The van der Waals surface area contributed by atoms with E-state index in [1.54, 1.807) is 13.3 Å². The Morgan fingerprint density at radius 1 is 1.26 bits per heavy atom. The molecule has 5 heteroatoms. The van der Waals surface area contributed by atoms with Gasteiger partial charge in [0.2, 0.25) is 5.91 Å². The molecular formula is C22H31N3O2. The molecule has 0 radical (unpaired) electrons. The molecule has 0 aliphatic heterocycles. The van der Waals surface area contributed by atoms with Crippen LogP contribution in [0, 0.1) is 5.92 Å². The van der Waals surface area contributed by atoms with Crippen molar-refractivity contribution >= 4 is 5.91 Å². The number of hydrogen-bond acceptors (Lipinski definition) is 3. The van der Waals surface area contributed by atoms with Crippen molar-refractivity contribution in [3.8, 4) is 5.75 Å². The van der Waals surface area contributed by atoms with E-state index >= 15 is 0 Å². The van der Waals surface area contributed by atoms with Gasteiger partial charge in [0.15, 0.2) is 0 Å². The highest BCUT2D eigenvalue weighted by Gasteiger charge is 2.21. The van der Waals surface area contributed by atoms with Crippen LogP contribution in [-0.4, -0.2) is 22.6 Å². The highest BCUT2D eigenvalue weighted by molar-refractivity contribution is 5.76. The van der Waals surface area contributed by atoms with Crippen LogP contribution in [0.25, 0.3) is 0 Å². The van der Waals surface area contributed by atoms with Crippen LogP contribution in [0.1, 0.15) is 68.8 Å². The Morgan fingerprint density at radius 3 is 2.63 bits per heavy atom. The zero-order valence-corrected chi connectivity index (χ0v) is 16.5. The van der Waals surface area contributed by atoms with Gasteiger partial charge in [-0.3, -0.25) is 4.79 Å². The number of hydrogen-bond donors (Lipinski definition) is 1. The molecule has 0 saturated heterocycles. The summed E-state index contributed by atoms with van der Waals surface area (Å²) in [6.07, 6.45) is 13.1. The van der Waals surface area contributed by atoms with Crippen molar-refractivity contribution in [2.45, 2.75) is 57.4 Å². The second-order valence-electron chi connectivity index (χ2n) is 7.57. The normalized spacial score (nSPS) is 16.1. The van der Waals surface area contributed by atoms with Gasteiger partial charge in [-0.1, -0.05) is 44.2 Å². The van der Waals surface area contributed by atoms with E-state index < -0.39 is 0 Å². The summed E-state index contributed by atoms with van der Waals surface area (Å²) < 4.78 is 7.20. The van der Waals surface area contributed by atoms with Gasteiger partial charge < -0.3 is 14.6 Å². The van der Waals surface area contributed by atoms with Gasteiger partial charge in [0.05, 0.1) is 7.11 Å². The van der Waals surface area contributed by atoms with Gasteiger partial charge in [-0.25, -0.2) is 4.98 Å². The topological polar surface area (TPSA) is 56.1 Å². The lowest BCUT2D eigenvalue weighted by Gasteiger charge is -2.22. The molecule has 0 bridgehead atoms. The first-order valence-electron chi connectivity index (χ1n) is 10.1. The lowest BCUT2D eigenvalue weighted by atomic mass is 9.86. The molecule has 0 spiro atoms. The summed E-state index contributed by atoms with van der Waals surface area (Å²) in [6.45, 7) is 0. The number of methoxy groups -OCH3 is 1. The number of ether oxygens (including phenoxy) is 1. The molecule has 1 N–H and O–H groups in total. The zero-order valence-electron chi connectivity index (χ0n) is 16.5. The summed E-state index contributed by atoms with van der Waals surface area (Å²) in [5.74, 6) is 2.55. The largest absolute Gasteiger partial charge is 0.497 e. The van der Waals surface area contributed by atoms with Crippen LogP contribution in [0.5, 0.6) is 5.75 Å². The van der Waals surface area contributed by atoms with Crippen molar-refractivity contribution in [1.82, 2.24) is 14.9 Å². The van der Waals surface area contributed by atoms with Gasteiger partial charge in [-0.05, 0) is 36.5 Å². The molecule has 1 aromatic heterocycles. The molecule has 3 rings (SSSR count). The van der Waals surface area contributed by atoms with Gasteiger partial charge in [-0.2, -0.15) is 0 Å². The van der Waals surface area contributed by atoms with Crippen LogP contribution in [0.3, 0.4) is 0 Å². The number of carbonyl (C=O) groups is 1. The molecule has 1 aliphatic carbocycles. The van der Waals surface area contributed by atoms with Gasteiger partial charge in [0, 0.05) is 25.9 Å². The second kappa shape index (κ2) is 9.58. The highest BCUT2D eigenvalue weighted by atomic mass is 16.5. The molecule has 5 nitrogen and oxygen atoms in total. The fourth-order valence-electron chi connectivity index (χ4n) is 4.01. The summed E-state index contributed by atoms with van der Waals surface area (Å²) in [5, 5.41) is 3.19. The molecule has 2 aromatic rings. The number of aryl methyl sites for hydroxylation is 1. The number of nitrogens with one attached hydrogen (secondary N) is 1. The predicted molar refractivity (Wildman–Crippen MR) is 107 cm³/mol. The fraction of sp³-hybridized carbons (Fsp3) is 0.545. The van der Waals surface area contributed by atoms with Crippen LogP contribution in [0.15, 0.2) is 36.7 Å². The van der Waals surface area contributed by atoms with Gasteiger partial charge >= 0.3 is 0 Å². The molecule has 1 atom stereocenters. The summed E-state index contributed by atoms with van der Waals surface area (Å²) >= 11 is 0. The molecule has 27 heavy (non-hydrogen) atoms. The molecule has 1 aliphatic rings. The van der Waals surface area contributed by atoms with Crippen molar-refractivity contribution in [3.05, 3.63) is 48.0 Å². The minimum Gasteiger partial charge on any atom is -0.497 e. The van der Waals surface area contributed by atoms with Crippen LogP contribution in [0.4, 0.5) is 0 Å². The standard InChI is InChI=1S/C22H31N3O2/c1-25-16-15-23-22(25)21(18-11-13-19(27-2)14-12-18)24-20(26)10-6-9-17-7-4-3-5-8-17/h11-17,21H,3-10H2,1-2H3,(H,24,26). The third-order valence-corrected chi connectivity index (χ3v) is 5.61. The number of benzene rings is 1. The molecule has 146 valence electrons. The van der Waals surface area contributed by atoms with E-state index in [0.717, 1.165) is 29.5 Å². The quantitative estimate of drug-likeness (QED) is 0.751. The summed E-state index contributed by atoms with van der Waals surface area (Å²) in [6, 6.07) is 7.56. The maximum absolute atomic E-state index is 12.6. The minimum atomic E-state index is -0.252. The Labute approximate surface area is 162 Å². The third-order valence-electron chi connectivity index (χ3n) is 5.61. The van der Waals surface area contributed by atoms with E-state index in [9.17, 15) is 4.79 Å². The van der Waals surface area contributed by atoms with E-state index in [0.29, 0.717) is 6.42 Å². The molecule has 1 amide bonds. The van der Waals surface area contributed by atoms with Gasteiger partial charge in [-0.15, -0.1) is 0 Å². The van der Waals surface area contributed by atoms with Crippen LogP contribution < -0.4 is 10.1 Å². The minimum absolute atomic E-state index is 0.0922. The SMILES string of the molecule is COc1ccc(C(NC(=O)CCCC2CCCCC2)c2nccn2C)cc1. The molecule has 1 aromatic carbocycles. The van der Waals surface area contributed by atoms with Crippen molar-refractivity contribution in [3.63, 3.8) is 0 Å². The number of imidazole rings is 1. The van der Waals surface area contributed by atoms with Crippen molar-refractivity contribution in [2.24, 2.45) is 13.0 Å². The first-order chi connectivity index (χ1) is 13.2.